The molecule has 0 bridgehead atoms. The maximum absolute atomic E-state index is 4.67. The van der Waals surface area contributed by atoms with Gasteiger partial charge < -0.3 is 40.0 Å². The molecular weight excluding hydrogens is 1460 g/mol. The number of hydrogen-bond donors (Lipinski definition) is 0. The fraction of sp³-hybridized carbons (Fsp3) is 0.0857. The Hall–Kier alpha value is -9.88. The Morgan fingerprint density at radius 3 is 0.875 bits per heavy atom. The quantitative estimate of drug-likeness (QED) is 0.132. The third-order valence-corrected chi connectivity index (χ3v) is 18.1. The van der Waals surface area contributed by atoms with Crippen LogP contribution in [0.15, 0.2) is 233 Å². The summed E-state index contributed by atoms with van der Waals surface area (Å²) in [6, 6.07) is 41.3. The van der Waals surface area contributed by atoms with Crippen molar-refractivity contribution < 1.29 is 42.1 Å². The van der Waals surface area contributed by atoms with Gasteiger partial charge in [0.15, 0.2) is 0 Å². The van der Waals surface area contributed by atoms with Crippen LogP contribution in [0, 0.1) is 25.5 Å². The van der Waals surface area contributed by atoms with Gasteiger partial charge in [0, 0.05) is 175 Å². The first-order chi connectivity index (χ1) is 42.5. The summed E-state index contributed by atoms with van der Waals surface area (Å²) in [5, 5.41) is 17.9. The molecule has 0 N–H and O–H groups in total. The van der Waals surface area contributed by atoms with E-state index in [9.17, 15) is 0 Å². The van der Waals surface area contributed by atoms with Gasteiger partial charge in [0.05, 0.1) is 21.9 Å². The predicted octanol–water partition coefficient (Wildman–Crippen LogP) is 9.78. The second-order valence-electron chi connectivity index (χ2n) is 22.1. The summed E-state index contributed by atoms with van der Waals surface area (Å²) < 4.78 is 0. The van der Waals surface area contributed by atoms with Crippen LogP contribution in [-0.4, -0.2) is 83.8 Å². The first-order valence-electron chi connectivity index (χ1n) is 28.1. The zero-order valence-electron chi connectivity index (χ0n) is 46.9. The van der Waals surface area contributed by atoms with Crippen molar-refractivity contribution in [1.29, 1.82) is 0 Å². The van der Waals surface area contributed by atoms with Crippen molar-refractivity contribution in [2.24, 2.45) is 0 Å². The average molecular weight is 1500 g/mol. The molecular formula is C70H46N16Pt2-6. The van der Waals surface area contributed by atoms with Crippen LogP contribution in [0.25, 0.3) is 44.5 Å². The predicted molar refractivity (Wildman–Crippen MR) is 319 cm³/mol. The molecule has 2 aliphatic heterocycles. The van der Waals surface area contributed by atoms with Crippen LogP contribution >= 0.6 is 0 Å². The zero-order chi connectivity index (χ0) is 57.2. The van der Waals surface area contributed by atoms with Crippen molar-refractivity contribution in [3.8, 4) is 44.5 Å². The summed E-state index contributed by atoms with van der Waals surface area (Å²) in [5.74, 6) is 0. The molecule has 0 saturated heterocycles. The molecule has 4 aliphatic carbocycles. The molecule has 432 valence electrons. The Kier molecular flexibility index (Phi) is 13.0. The monoisotopic (exact) mass is 1500 g/mol. The van der Waals surface area contributed by atoms with E-state index in [0.29, 0.717) is 0 Å². The van der Waals surface area contributed by atoms with E-state index in [-0.39, 0.29) is 42.1 Å². The standard InChI is InChI=1S/2C35H23N8.2Pt/c2*1-42-15-16-43(22-42)35(31-20-38-12-7-27(31)28-8-13-39-21-32(28)35)24-4-2-3-23(17-24)34(33-9-14-40-41-33)29-18-36-10-5-25(29)26-6-11-37-19-30(26)34;;/h2*2-16,18-22H,1H3;;/q2*-3;;. The fourth-order valence-corrected chi connectivity index (χ4v) is 14.7. The van der Waals surface area contributed by atoms with Crippen LogP contribution < -0.4 is 10.2 Å². The van der Waals surface area contributed by atoms with Crippen LogP contribution in [-0.2, 0) is 64.0 Å². The zero-order valence-corrected chi connectivity index (χ0v) is 51.4. The Balaban J connectivity index is 0.000000144. The third kappa shape index (κ3) is 7.33. The van der Waals surface area contributed by atoms with Gasteiger partial charge in [-0.25, -0.2) is 0 Å². The molecule has 10 aromatic heterocycles. The van der Waals surface area contributed by atoms with Crippen molar-refractivity contribution in [3.05, 3.63) is 337 Å². The summed E-state index contributed by atoms with van der Waals surface area (Å²) in [5.41, 5.74) is 19.6. The molecule has 12 heterocycles. The number of hydrogen-bond acceptors (Lipinski definition) is 14. The summed E-state index contributed by atoms with van der Waals surface area (Å²) in [4.78, 5) is 45.4. The second-order valence-corrected chi connectivity index (χ2v) is 22.1. The normalized spacial score (nSPS) is 16.2. The minimum Gasteiger partial charge on any atom is -0.581 e. The summed E-state index contributed by atoms with van der Waals surface area (Å²) >= 11 is 0. The van der Waals surface area contributed by atoms with Crippen molar-refractivity contribution in [1.82, 2.24) is 79.9 Å². The molecule has 0 spiro atoms. The van der Waals surface area contributed by atoms with E-state index < -0.39 is 21.9 Å². The first-order valence-corrected chi connectivity index (χ1v) is 28.1. The van der Waals surface area contributed by atoms with E-state index in [2.05, 4.69) is 215 Å². The van der Waals surface area contributed by atoms with Gasteiger partial charge >= 0.3 is 0 Å². The molecule has 18 rings (SSSR count). The van der Waals surface area contributed by atoms with Gasteiger partial charge in [0.2, 0.25) is 0 Å². The van der Waals surface area contributed by atoms with Crippen molar-refractivity contribution in [3.63, 3.8) is 0 Å². The van der Waals surface area contributed by atoms with E-state index in [1.165, 1.54) is 0 Å². The van der Waals surface area contributed by atoms with Gasteiger partial charge in [0.1, 0.15) is 0 Å². The fourth-order valence-electron chi connectivity index (χ4n) is 14.7. The molecule has 16 nitrogen and oxygen atoms in total. The Labute approximate surface area is 535 Å². The number of aromatic nitrogens is 12. The van der Waals surface area contributed by atoms with E-state index in [0.717, 1.165) is 123 Å². The average Bonchev–Trinajstić information content (AvgIpc) is 1.54. The minimum absolute atomic E-state index is 0. The second kappa shape index (κ2) is 20.9. The summed E-state index contributed by atoms with van der Waals surface area (Å²) in [6.45, 7) is 4.21. The molecule has 0 unspecified atom stereocenters. The molecule has 6 aliphatic rings. The number of pyridine rings is 8. The van der Waals surface area contributed by atoms with E-state index >= 15 is 0 Å². The van der Waals surface area contributed by atoms with E-state index in [4.69, 9.17) is 0 Å². The smallest absolute Gasteiger partial charge is 0.0716 e. The van der Waals surface area contributed by atoms with Gasteiger partial charge in [-0.05, 0) is 154 Å². The number of rotatable bonds is 8. The van der Waals surface area contributed by atoms with Gasteiger partial charge in [0.25, 0.3) is 0 Å². The largest absolute Gasteiger partial charge is 0.581 e. The number of fused-ring (bicyclic) bond motifs is 12. The minimum atomic E-state index is -0.809. The van der Waals surface area contributed by atoms with Crippen molar-refractivity contribution >= 4 is 0 Å². The van der Waals surface area contributed by atoms with Crippen LogP contribution in [0.3, 0.4) is 0 Å². The molecule has 18 heteroatoms. The Bertz CT molecular complexity index is 4260. The van der Waals surface area contributed by atoms with Crippen LogP contribution in [0.5, 0.6) is 0 Å². The third-order valence-electron chi connectivity index (χ3n) is 18.1. The number of benzene rings is 2. The Morgan fingerprint density at radius 2 is 0.614 bits per heavy atom. The topological polar surface area (TPSA) is 170 Å². The van der Waals surface area contributed by atoms with E-state index in [1.807, 2.05) is 125 Å². The van der Waals surface area contributed by atoms with Gasteiger partial charge in [-0.15, -0.1) is 22.3 Å². The van der Waals surface area contributed by atoms with E-state index in [1.54, 1.807) is 12.4 Å². The molecule has 0 atom stereocenters. The van der Waals surface area contributed by atoms with Crippen molar-refractivity contribution in [2.45, 2.75) is 21.9 Å². The van der Waals surface area contributed by atoms with Crippen LogP contribution in [0.2, 0.25) is 0 Å². The first kappa shape index (κ1) is 54.7. The molecule has 2 aromatic carbocycles. The maximum Gasteiger partial charge on any atom is 0.0716 e. The van der Waals surface area contributed by atoms with Gasteiger partial charge in [-0.2, -0.15) is 74.3 Å². The summed E-state index contributed by atoms with van der Waals surface area (Å²) in [7, 11) is 4.06. The van der Waals surface area contributed by atoms with Crippen LogP contribution in [0.1, 0.15) is 78.1 Å². The summed E-state index contributed by atoms with van der Waals surface area (Å²) in [6.07, 6.45) is 42.2. The van der Waals surface area contributed by atoms with Crippen molar-refractivity contribution in [2.75, 3.05) is 14.1 Å². The molecule has 88 heavy (non-hydrogen) atoms. The number of nitrogens with zero attached hydrogens (tertiary/aromatic N) is 16. The molecule has 0 saturated carbocycles. The molecule has 0 amide bonds. The SMILES string of the molecule is CN1C=CN(C2(c3[c-]c(C4(c5cc[n-]n5)c5cnccc5-c5ccncc54)ccc3)c3cnccc3-c3ccncc32)[CH-]1.CN1C=CN(C2(c3[c-]c(C4(c5cc[n-]n5)c5cnccc5-c5ccncc54)ccc3)c3cnccc3-c3ccncc32)[CH-]1.[Pt].[Pt]. The molecule has 0 radical (unpaired) electrons. The molecule has 12 aromatic rings. The molecule has 0 fully saturated rings. The Morgan fingerprint density at radius 1 is 0.341 bits per heavy atom. The maximum atomic E-state index is 4.67. The van der Waals surface area contributed by atoms with Gasteiger partial charge in [-0.1, -0.05) is 12.1 Å². The van der Waals surface area contributed by atoms with Gasteiger partial charge in [-0.3, -0.25) is 39.9 Å². The van der Waals surface area contributed by atoms with Crippen LogP contribution in [0.4, 0.5) is 0 Å².